The fourth-order valence-electron chi connectivity index (χ4n) is 5.38. The van der Waals surface area contributed by atoms with Crippen LogP contribution in [0.5, 0.6) is 0 Å². The summed E-state index contributed by atoms with van der Waals surface area (Å²) in [5, 5.41) is 30.6. The summed E-state index contributed by atoms with van der Waals surface area (Å²) in [5.74, 6) is -6.64. The van der Waals surface area contributed by atoms with Gasteiger partial charge in [-0.3, -0.25) is 9.78 Å². The number of aromatic nitrogens is 5. The number of aliphatic hydroxyl groups is 1. The summed E-state index contributed by atoms with van der Waals surface area (Å²) in [7, 11) is 0. The van der Waals surface area contributed by atoms with Crippen LogP contribution in [0.4, 0.5) is 28.9 Å². The van der Waals surface area contributed by atoms with Crippen LogP contribution in [-0.2, 0) is 22.9 Å². The van der Waals surface area contributed by atoms with E-state index in [-0.39, 0.29) is 12.5 Å². The van der Waals surface area contributed by atoms with Gasteiger partial charge in [-0.15, -0.1) is 5.10 Å². The Morgan fingerprint density at radius 2 is 1.63 bits per heavy atom. The molecule has 5 aromatic rings. The molecule has 0 bridgehead atoms. The molecular formula is C32H24F4N8O2. The first-order valence-corrected chi connectivity index (χ1v) is 14.0. The summed E-state index contributed by atoms with van der Waals surface area (Å²) in [6, 6.07) is 20.4. The molecule has 10 nitrogen and oxygen atoms in total. The van der Waals surface area contributed by atoms with E-state index in [0.29, 0.717) is 35.8 Å². The number of anilines is 2. The minimum absolute atomic E-state index is 0.0960. The van der Waals surface area contributed by atoms with Crippen molar-refractivity contribution in [1.82, 2.24) is 25.2 Å². The van der Waals surface area contributed by atoms with Gasteiger partial charge in [0.2, 0.25) is 5.91 Å². The van der Waals surface area contributed by atoms with Crippen molar-refractivity contribution in [2.45, 2.75) is 18.1 Å². The number of carbonyl (C=O) groups excluding carboxylic acids is 1. The third-order valence-electron chi connectivity index (χ3n) is 7.86. The zero-order valence-electron chi connectivity index (χ0n) is 23.9. The van der Waals surface area contributed by atoms with E-state index in [1.807, 2.05) is 17.0 Å². The van der Waals surface area contributed by atoms with Gasteiger partial charge in [-0.05, 0) is 70.6 Å². The third-order valence-corrected chi connectivity index (χ3v) is 7.86. The van der Waals surface area contributed by atoms with Crippen molar-refractivity contribution in [3.63, 3.8) is 0 Å². The maximum Gasteiger partial charge on any atom is 0.323 e. The summed E-state index contributed by atoms with van der Waals surface area (Å²) in [5.41, 5.74) is -1.78. The van der Waals surface area contributed by atoms with Gasteiger partial charge in [0.15, 0.2) is 5.60 Å². The lowest BCUT2D eigenvalue weighted by Gasteiger charge is -2.36. The average molecular weight is 629 g/mol. The summed E-state index contributed by atoms with van der Waals surface area (Å²) >= 11 is 0. The Kier molecular flexibility index (Phi) is 7.93. The second-order valence-electron chi connectivity index (χ2n) is 10.7. The van der Waals surface area contributed by atoms with Crippen LogP contribution in [0.15, 0.2) is 91.4 Å². The highest BCUT2D eigenvalue weighted by atomic mass is 19.3. The number of amides is 1. The van der Waals surface area contributed by atoms with Crippen LogP contribution in [-0.4, -0.2) is 55.8 Å². The number of alkyl halides is 2. The van der Waals surface area contributed by atoms with Gasteiger partial charge >= 0.3 is 5.92 Å². The molecule has 0 spiro atoms. The van der Waals surface area contributed by atoms with Crippen molar-refractivity contribution in [1.29, 1.82) is 5.26 Å². The van der Waals surface area contributed by atoms with Gasteiger partial charge in [0.25, 0.3) is 0 Å². The molecule has 46 heavy (non-hydrogen) atoms. The van der Waals surface area contributed by atoms with Gasteiger partial charge in [0.05, 0.1) is 24.7 Å². The number of benzene rings is 3. The van der Waals surface area contributed by atoms with Crippen molar-refractivity contribution in [2.24, 2.45) is 0 Å². The first-order chi connectivity index (χ1) is 22.1. The molecule has 3 aromatic carbocycles. The lowest BCUT2D eigenvalue weighted by Crippen LogP contribution is -2.50. The van der Waals surface area contributed by atoms with E-state index in [9.17, 15) is 18.7 Å². The second kappa shape index (κ2) is 12.0. The predicted molar refractivity (Wildman–Crippen MR) is 157 cm³/mol. The lowest BCUT2D eigenvalue weighted by molar-refractivity contribution is -0.207. The van der Waals surface area contributed by atoms with Crippen LogP contribution in [0.3, 0.4) is 0 Å². The van der Waals surface area contributed by atoms with Gasteiger partial charge in [-0.1, -0.05) is 18.2 Å². The molecule has 1 aliphatic rings. The van der Waals surface area contributed by atoms with Gasteiger partial charge in [-0.2, -0.15) is 14.0 Å². The van der Waals surface area contributed by atoms with E-state index < -0.39 is 41.0 Å². The predicted octanol–water partition coefficient (Wildman–Crippen LogP) is 4.42. The molecule has 1 aliphatic heterocycles. The van der Waals surface area contributed by atoms with Crippen LogP contribution in [0.2, 0.25) is 0 Å². The Hall–Kier alpha value is -5.68. The fourth-order valence-corrected chi connectivity index (χ4v) is 5.38. The molecule has 1 amide bonds. The third kappa shape index (κ3) is 5.64. The highest BCUT2D eigenvalue weighted by molar-refractivity contribution is 5.97. The summed E-state index contributed by atoms with van der Waals surface area (Å²) in [6.45, 7) is 0.212. The molecule has 6 rings (SSSR count). The summed E-state index contributed by atoms with van der Waals surface area (Å²) in [4.78, 5) is 20.4. The van der Waals surface area contributed by atoms with Crippen LogP contribution in [0, 0.1) is 23.0 Å². The zero-order valence-corrected chi connectivity index (χ0v) is 23.9. The van der Waals surface area contributed by atoms with Gasteiger partial charge in [0.1, 0.15) is 23.7 Å². The Bertz CT molecular complexity index is 1900. The molecule has 1 fully saturated rings. The van der Waals surface area contributed by atoms with Gasteiger partial charge in [0, 0.05) is 47.9 Å². The largest absolute Gasteiger partial charge is 0.377 e. The number of nitriles is 1. The first kappa shape index (κ1) is 30.4. The second-order valence-corrected chi connectivity index (χ2v) is 10.7. The molecule has 1 N–H and O–H groups in total. The monoisotopic (exact) mass is 628 g/mol. The van der Waals surface area contributed by atoms with E-state index in [2.05, 4.69) is 26.6 Å². The first-order valence-electron chi connectivity index (χ1n) is 14.0. The summed E-state index contributed by atoms with van der Waals surface area (Å²) in [6.07, 6.45) is 2.18. The van der Waals surface area contributed by atoms with Crippen LogP contribution in [0.1, 0.15) is 16.8 Å². The molecular weight excluding hydrogens is 604 g/mol. The van der Waals surface area contributed by atoms with Crippen molar-refractivity contribution in [3.8, 4) is 17.2 Å². The van der Waals surface area contributed by atoms with Gasteiger partial charge in [-0.25, -0.2) is 13.5 Å². The van der Waals surface area contributed by atoms with Crippen molar-refractivity contribution in [2.75, 3.05) is 29.4 Å². The summed E-state index contributed by atoms with van der Waals surface area (Å²) < 4.78 is 61.3. The minimum Gasteiger partial charge on any atom is -0.377 e. The van der Waals surface area contributed by atoms with Crippen LogP contribution < -0.4 is 9.80 Å². The molecule has 14 heteroatoms. The minimum atomic E-state index is -4.17. The number of halogens is 4. The lowest BCUT2D eigenvalue weighted by atomic mass is 9.84. The molecule has 1 atom stereocenters. The van der Waals surface area contributed by atoms with Gasteiger partial charge < -0.3 is 14.9 Å². The van der Waals surface area contributed by atoms with Crippen LogP contribution in [0.25, 0.3) is 11.1 Å². The number of pyridine rings is 1. The molecule has 3 heterocycles. The quantitative estimate of drug-likeness (QED) is 0.251. The molecule has 2 aromatic heterocycles. The number of rotatable bonds is 8. The van der Waals surface area contributed by atoms with Crippen molar-refractivity contribution < 1.29 is 27.5 Å². The number of tetrazole rings is 1. The fraction of sp³-hybridized carbons (Fsp3) is 0.188. The Morgan fingerprint density at radius 1 is 0.913 bits per heavy atom. The topological polar surface area (TPSA) is 124 Å². The average Bonchev–Trinajstić information content (AvgIpc) is 3.57. The molecule has 1 saturated heterocycles. The number of piperazine rings is 1. The standard InChI is InChI=1S/C32H24F4N8O2/c33-24-6-11-27(28(34)15-24)31(46,19-43-20-39-40-41-43)32(35,36)29-12-5-23(17-38-29)22-3-9-25(10-4-22)42-13-14-44(30(45)18-42)26-7-1-21(16-37)2-8-26/h1-12,15,17,20,46H,13-14,18-19H2/t31-/m0/s1. The van der Waals surface area contributed by atoms with Crippen molar-refractivity contribution >= 4 is 17.3 Å². The van der Waals surface area contributed by atoms with E-state index in [0.717, 1.165) is 40.6 Å². The Labute approximate surface area is 259 Å². The molecule has 0 radical (unpaired) electrons. The van der Waals surface area contributed by atoms with E-state index in [1.54, 1.807) is 41.3 Å². The number of nitrogens with zero attached hydrogens (tertiary/aromatic N) is 8. The SMILES string of the molecule is N#Cc1ccc(N2CCN(c3ccc(-c4ccc(C(F)(F)[C@](O)(Cn5cnnn5)c5ccc(F)cc5F)nc4)cc3)CC2=O)cc1. The van der Waals surface area contributed by atoms with E-state index in [4.69, 9.17) is 5.26 Å². The van der Waals surface area contributed by atoms with E-state index in [1.165, 1.54) is 12.3 Å². The van der Waals surface area contributed by atoms with Crippen LogP contribution >= 0.6 is 0 Å². The zero-order chi connectivity index (χ0) is 32.5. The maximum absolute atomic E-state index is 16.1. The Morgan fingerprint density at radius 3 is 2.24 bits per heavy atom. The molecule has 0 unspecified atom stereocenters. The highest BCUT2D eigenvalue weighted by Gasteiger charge is 2.58. The van der Waals surface area contributed by atoms with E-state index >= 15 is 8.78 Å². The normalized spacial score (nSPS) is 15.0. The molecule has 232 valence electrons. The molecule has 0 saturated carbocycles. The maximum atomic E-state index is 16.1. The number of hydrogen-bond donors (Lipinski definition) is 1. The Balaban J connectivity index is 1.19. The smallest absolute Gasteiger partial charge is 0.323 e. The highest BCUT2D eigenvalue weighted by Crippen LogP contribution is 2.47. The number of carbonyl (C=O) groups is 1. The van der Waals surface area contributed by atoms with Crippen molar-refractivity contribution in [3.05, 3.63) is 120 Å². The number of hydrogen-bond acceptors (Lipinski definition) is 8. The molecule has 0 aliphatic carbocycles.